The lowest BCUT2D eigenvalue weighted by Crippen LogP contribution is -2.13. The highest BCUT2D eigenvalue weighted by atomic mass is 32.2. The number of aromatic hydroxyl groups is 2. The summed E-state index contributed by atoms with van der Waals surface area (Å²) in [5, 5.41) is 44.8. The molecule has 0 saturated heterocycles. The van der Waals surface area contributed by atoms with Crippen molar-refractivity contribution in [2.45, 2.75) is 4.90 Å². The number of carbonyl (C=O) groups excluding carboxylic acids is 1. The van der Waals surface area contributed by atoms with E-state index in [2.05, 4.69) is 19.9 Å². The third kappa shape index (κ3) is 8.96. The molecule has 5 rings (SSSR count). The quantitative estimate of drug-likeness (QED) is 0.0701. The van der Waals surface area contributed by atoms with Crippen LogP contribution in [0.3, 0.4) is 0 Å². The summed E-state index contributed by atoms with van der Waals surface area (Å²) >= 11 is 0. The van der Waals surface area contributed by atoms with E-state index in [4.69, 9.17) is 14.9 Å². The molecule has 1 aromatic heterocycles. The van der Waals surface area contributed by atoms with Gasteiger partial charge in [0, 0.05) is 6.20 Å². The van der Waals surface area contributed by atoms with Gasteiger partial charge in [0.2, 0.25) is 0 Å². The van der Waals surface area contributed by atoms with Crippen LogP contribution in [0, 0.1) is 0 Å². The van der Waals surface area contributed by atoms with Crippen molar-refractivity contribution in [3.05, 3.63) is 132 Å². The monoisotopic (exact) mass is 656 g/mol. The molecule has 0 atom stereocenters. The van der Waals surface area contributed by atoms with Gasteiger partial charge in [-0.1, -0.05) is 30.3 Å². The van der Waals surface area contributed by atoms with E-state index < -0.39 is 27.9 Å². The molecule has 5 N–H and O–H groups in total. The summed E-state index contributed by atoms with van der Waals surface area (Å²) < 4.78 is 32.0. The third-order valence-electron chi connectivity index (χ3n) is 5.99. The molecule has 15 heteroatoms. The second-order valence-corrected chi connectivity index (χ2v) is 10.9. The molecule has 0 radical (unpaired) electrons. The average molecular weight is 657 g/mol. The molecule has 5 aromatic rings. The van der Waals surface area contributed by atoms with Crippen LogP contribution in [-0.2, 0) is 10.0 Å². The number of azo groups is 1. The summed E-state index contributed by atoms with van der Waals surface area (Å²) in [4.78, 5) is 37.7. The smallest absolute Gasteiger partial charge is 0.347 e. The Morgan fingerprint density at radius 3 is 1.87 bits per heavy atom. The number of phenolic OH excluding ortho intramolecular Hbond substituents is 1. The fourth-order valence-electron chi connectivity index (χ4n) is 3.72. The number of aromatic nitrogens is 1. The molecule has 238 valence electrons. The highest BCUT2D eigenvalue weighted by Gasteiger charge is 2.18. The minimum Gasteiger partial charge on any atom is -0.507 e. The van der Waals surface area contributed by atoms with Crippen molar-refractivity contribution in [3.63, 3.8) is 0 Å². The lowest BCUT2D eigenvalue weighted by molar-refractivity contribution is 0.0671. The Balaban J connectivity index is 0.000000229. The Bertz CT molecular complexity index is 2050. The summed E-state index contributed by atoms with van der Waals surface area (Å²) in [5.74, 6) is -3.75. The van der Waals surface area contributed by atoms with Gasteiger partial charge >= 0.3 is 17.9 Å². The first kappa shape index (κ1) is 33.3. The molecule has 14 nitrogen and oxygen atoms in total. The minimum atomic E-state index is -3.79. The summed E-state index contributed by atoms with van der Waals surface area (Å²) in [6, 6.07) is 25.9. The minimum absolute atomic E-state index is 0.0231. The number of phenols is 2. The molecule has 47 heavy (non-hydrogen) atoms. The largest absolute Gasteiger partial charge is 0.507 e. The van der Waals surface area contributed by atoms with Gasteiger partial charge in [0.15, 0.2) is 0 Å². The van der Waals surface area contributed by atoms with Crippen molar-refractivity contribution < 1.29 is 48.0 Å². The van der Waals surface area contributed by atoms with E-state index in [9.17, 15) is 33.0 Å². The zero-order valence-corrected chi connectivity index (χ0v) is 24.8. The van der Waals surface area contributed by atoms with Crippen molar-refractivity contribution in [1.82, 2.24) is 4.98 Å². The summed E-state index contributed by atoms with van der Waals surface area (Å²) in [7, 11) is -3.79. The normalized spacial score (nSPS) is 10.8. The number of esters is 1. The maximum Gasteiger partial charge on any atom is 0.347 e. The van der Waals surface area contributed by atoms with Crippen molar-refractivity contribution >= 4 is 45.1 Å². The van der Waals surface area contributed by atoms with Gasteiger partial charge in [-0.25, -0.2) is 27.8 Å². The van der Waals surface area contributed by atoms with Gasteiger partial charge in [-0.05, 0) is 78.9 Å². The number of nitrogens with zero attached hydrogens (tertiary/aromatic N) is 3. The first-order valence-electron chi connectivity index (χ1n) is 13.3. The Kier molecular flexibility index (Phi) is 10.6. The lowest BCUT2D eigenvalue weighted by Gasteiger charge is -2.07. The average Bonchev–Trinajstić information content (AvgIpc) is 3.05. The van der Waals surface area contributed by atoms with Crippen LogP contribution in [0.1, 0.15) is 31.1 Å². The van der Waals surface area contributed by atoms with Crippen LogP contribution in [0.2, 0.25) is 0 Å². The van der Waals surface area contributed by atoms with Crippen molar-refractivity contribution in [3.8, 4) is 17.2 Å². The van der Waals surface area contributed by atoms with Crippen LogP contribution in [0.25, 0.3) is 0 Å². The maximum absolute atomic E-state index is 12.3. The second kappa shape index (κ2) is 14.9. The lowest BCUT2D eigenvalue weighted by atomic mass is 10.2. The maximum atomic E-state index is 12.3. The molecule has 0 saturated carbocycles. The first-order chi connectivity index (χ1) is 22.4. The third-order valence-corrected chi connectivity index (χ3v) is 7.36. The zero-order valence-electron chi connectivity index (χ0n) is 24.0. The van der Waals surface area contributed by atoms with Crippen LogP contribution in [0.5, 0.6) is 17.2 Å². The number of carboxylic acids is 2. The molecule has 4 aromatic carbocycles. The number of para-hydroxylation sites is 2. The van der Waals surface area contributed by atoms with Gasteiger partial charge < -0.3 is 25.2 Å². The molecule has 0 spiro atoms. The van der Waals surface area contributed by atoms with Gasteiger partial charge in [0.25, 0.3) is 10.0 Å². The van der Waals surface area contributed by atoms with Crippen LogP contribution >= 0.6 is 0 Å². The SMILES string of the molecule is O=C(O)c1cc(N=Nc2ccc(S(=O)(=O)Nc3ccccn3)cc2)ccc1O.O=C(Oc1ccccc1C(=O)O)c1ccccc1O. The molecule has 0 bridgehead atoms. The van der Waals surface area contributed by atoms with Gasteiger partial charge in [-0.2, -0.15) is 10.2 Å². The Labute approximate surface area is 267 Å². The number of hydrogen-bond donors (Lipinski definition) is 5. The van der Waals surface area contributed by atoms with Gasteiger partial charge in [-0.3, -0.25) is 4.72 Å². The number of hydrogen-bond acceptors (Lipinski definition) is 11. The Hall–Kier alpha value is -6.61. The number of aromatic carboxylic acids is 2. The fourth-order valence-corrected chi connectivity index (χ4v) is 4.73. The summed E-state index contributed by atoms with van der Waals surface area (Å²) in [6.45, 7) is 0. The molecule has 0 fully saturated rings. The summed E-state index contributed by atoms with van der Waals surface area (Å²) in [6.07, 6.45) is 1.47. The molecule has 0 aliphatic rings. The van der Waals surface area contributed by atoms with Crippen LogP contribution in [-0.4, -0.2) is 51.7 Å². The number of ether oxygens (including phenoxy) is 1. The predicted molar refractivity (Wildman–Crippen MR) is 167 cm³/mol. The topological polar surface area (TPSA) is 225 Å². The van der Waals surface area contributed by atoms with Crippen molar-refractivity contribution in [1.29, 1.82) is 0 Å². The van der Waals surface area contributed by atoms with E-state index in [1.165, 1.54) is 85.1 Å². The van der Waals surface area contributed by atoms with E-state index in [1.807, 2.05) is 0 Å². The second-order valence-electron chi connectivity index (χ2n) is 9.23. The first-order valence-corrected chi connectivity index (χ1v) is 14.8. The standard InChI is InChI=1S/C18H14N4O5S.C14H10O5/c23-16-9-6-13(11-15(16)18(24)25)21-20-12-4-7-14(8-5-12)28(26,27)22-17-3-1-2-10-19-17;15-11-7-3-1-5-9(11)14(18)19-12-8-4-2-6-10(12)13(16)17/h1-11,23H,(H,19,22)(H,24,25);1-8,15H,(H,16,17). The highest BCUT2D eigenvalue weighted by Crippen LogP contribution is 2.26. The summed E-state index contributed by atoms with van der Waals surface area (Å²) in [5.41, 5.74) is 0.151. The number of benzene rings is 4. The van der Waals surface area contributed by atoms with E-state index in [-0.39, 0.29) is 50.3 Å². The molecule has 0 amide bonds. The van der Waals surface area contributed by atoms with Gasteiger partial charge in [-0.15, -0.1) is 0 Å². The van der Waals surface area contributed by atoms with Crippen molar-refractivity contribution in [2.24, 2.45) is 10.2 Å². The molecular weight excluding hydrogens is 632 g/mol. The number of carbonyl (C=O) groups is 3. The number of pyridine rings is 1. The van der Waals surface area contributed by atoms with Crippen molar-refractivity contribution in [2.75, 3.05) is 4.72 Å². The van der Waals surface area contributed by atoms with Crippen LogP contribution in [0.15, 0.2) is 131 Å². The molecular formula is C32H24N4O10S. The number of anilines is 1. The molecule has 0 unspecified atom stereocenters. The van der Waals surface area contributed by atoms with Gasteiger partial charge in [0.05, 0.1) is 16.3 Å². The van der Waals surface area contributed by atoms with E-state index >= 15 is 0 Å². The number of nitrogens with one attached hydrogen (secondary N) is 1. The zero-order chi connectivity index (χ0) is 34.0. The van der Waals surface area contributed by atoms with E-state index in [1.54, 1.807) is 30.3 Å². The highest BCUT2D eigenvalue weighted by molar-refractivity contribution is 7.92. The van der Waals surface area contributed by atoms with Crippen LogP contribution < -0.4 is 9.46 Å². The number of sulfonamides is 1. The van der Waals surface area contributed by atoms with Gasteiger partial charge in [0.1, 0.15) is 39.8 Å². The van der Waals surface area contributed by atoms with E-state index in [0.29, 0.717) is 5.69 Å². The Morgan fingerprint density at radius 1 is 0.660 bits per heavy atom. The van der Waals surface area contributed by atoms with Crippen LogP contribution in [0.4, 0.5) is 17.2 Å². The molecule has 1 heterocycles. The molecule has 0 aliphatic heterocycles. The number of carboxylic acid groups (broad SMARTS) is 2. The number of rotatable bonds is 9. The fraction of sp³-hybridized carbons (Fsp3) is 0. The molecule has 0 aliphatic carbocycles. The Morgan fingerprint density at radius 2 is 1.23 bits per heavy atom. The van der Waals surface area contributed by atoms with E-state index in [0.717, 1.165) is 0 Å². The predicted octanol–water partition coefficient (Wildman–Crippen LogP) is 6.01.